The van der Waals surface area contributed by atoms with Crippen LogP contribution in [0, 0.1) is 0 Å². The molecule has 0 amide bonds. The van der Waals surface area contributed by atoms with Gasteiger partial charge in [-0.25, -0.2) is 4.79 Å². The Morgan fingerprint density at radius 1 is 1.58 bits per heavy atom. The summed E-state index contributed by atoms with van der Waals surface area (Å²) in [6.45, 7) is 1.55. The number of rotatable bonds is 7. The molecule has 1 fully saturated rings. The molecule has 1 heterocycles. The van der Waals surface area contributed by atoms with E-state index in [1.54, 1.807) is 11.7 Å². The first kappa shape index (κ1) is 14.0. The summed E-state index contributed by atoms with van der Waals surface area (Å²) in [6.07, 6.45) is 5.67. The largest absolute Gasteiger partial charge is 0.478 e. The van der Waals surface area contributed by atoms with E-state index in [-0.39, 0.29) is 12.2 Å². The van der Waals surface area contributed by atoms with Gasteiger partial charge in [-0.1, -0.05) is 6.42 Å². The van der Waals surface area contributed by atoms with Crippen molar-refractivity contribution in [2.24, 2.45) is 7.05 Å². The van der Waals surface area contributed by atoms with Crippen LogP contribution in [0.3, 0.4) is 0 Å². The number of carbonyl (C=O) groups is 1. The molecule has 0 aliphatic heterocycles. The number of aromatic carboxylic acids is 1. The lowest BCUT2D eigenvalue weighted by Crippen LogP contribution is -2.41. The van der Waals surface area contributed by atoms with Gasteiger partial charge >= 0.3 is 5.97 Å². The molecule has 106 valence electrons. The van der Waals surface area contributed by atoms with Gasteiger partial charge in [0, 0.05) is 32.8 Å². The van der Waals surface area contributed by atoms with Gasteiger partial charge in [-0.05, 0) is 19.3 Å². The minimum Gasteiger partial charge on any atom is -0.478 e. The van der Waals surface area contributed by atoms with Crippen LogP contribution in [0.1, 0.15) is 41.7 Å². The second-order valence-electron chi connectivity index (χ2n) is 5.07. The molecule has 1 aromatic rings. The third-order valence-corrected chi connectivity index (χ3v) is 3.84. The number of carboxylic acid groups (broad SMARTS) is 1. The highest BCUT2D eigenvalue weighted by Crippen LogP contribution is 2.27. The van der Waals surface area contributed by atoms with Crippen LogP contribution in [-0.2, 0) is 13.6 Å². The Bertz CT molecular complexity index is 440. The minimum absolute atomic E-state index is 0.167. The van der Waals surface area contributed by atoms with Crippen LogP contribution in [0.25, 0.3) is 0 Å². The van der Waals surface area contributed by atoms with E-state index < -0.39 is 5.97 Å². The van der Waals surface area contributed by atoms with E-state index in [0.717, 1.165) is 31.5 Å². The predicted octanol–water partition coefficient (Wildman–Crippen LogP) is 0.855. The highest BCUT2D eigenvalue weighted by atomic mass is 16.4. The van der Waals surface area contributed by atoms with Crippen molar-refractivity contribution in [1.29, 1.82) is 0 Å². The summed E-state index contributed by atoms with van der Waals surface area (Å²) in [6, 6.07) is 0.517. The summed E-state index contributed by atoms with van der Waals surface area (Å²) in [7, 11) is 1.77. The van der Waals surface area contributed by atoms with Crippen LogP contribution in [-0.4, -0.2) is 50.1 Å². The fourth-order valence-electron chi connectivity index (χ4n) is 2.44. The standard InChI is InChI=1S/C13H21N3O3/c1-15-12(11(8-14-15)13(18)19)9-16(6-3-7-17)10-4-2-5-10/h8,10,17H,2-7,9H2,1H3,(H,18,19). The third kappa shape index (κ3) is 3.13. The quantitative estimate of drug-likeness (QED) is 0.766. The molecule has 6 nitrogen and oxygen atoms in total. The van der Waals surface area contributed by atoms with Gasteiger partial charge in [-0.2, -0.15) is 5.10 Å². The van der Waals surface area contributed by atoms with Gasteiger partial charge in [0.05, 0.1) is 11.9 Å². The fraction of sp³-hybridized carbons (Fsp3) is 0.692. The van der Waals surface area contributed by atoms with Crippen LogP contribution in [0.15, 0.2) is 6.20 Å². The van der Waals surface area contributed by atoms with Crippen molar-refractivity contribution in [2.75, 3.05) is 13.2 Å². The lowest BCUT2D eigenvalue weighted by atomic mass is 9.91. The van der Waals surface area contributed by atoms with Crippen molar-refractivity contribution < 1.29 is 15.0 Å². The number of aliphatic hydroxyl groups is 1. The first-order valence-corrected chi connectivity index (χ1v) is 6.72. The molecule has 0 bridgehead atoms. The molecule has 0 aromatic carbocycles. The molecule has 6 heteroatoms. The number of aryl methyl sites for hydroxylation is 1. The lowest BCUT2D eigenvalue weighted by molar-refractivity contribution is 0.0689. The molecule has 2 N–H and O–H groups in total. The summed E-state index contributed by atoms with van der Waals surface area (Å²) in [4.78, 5) is 13.4. The Hall–Kier alpha value is -1.40. The van der Waals surface area contributed by atoms with E-state index in [9.17, 15) is 4.79 Å². The molecule has 1 aliphatic carbocycles. The monoisotopic (exact) mass is 267 g/mol. The van der Waals surface area contributed by atoms with Gasteiger partial charge in [0.15, 0.2) is 0 Å². The van der Waals surface area contributed by atoms with Gasteiger partial charge in [0.2, 0.25) is 0 Å². The normalized spacial score (nSPS) is 15.7. The topological polar surface area (TPSA) is 78.6 Å². The first-order valence-electron chi connectivity index (χ1n) is 6.72. The molecule has 1 aromatic heterocycles. The predicted molar refractivity (Wildman–Crippen MR) is 69.9 cm³/mol. The van der Waals surface area contributed by atoms with Gasteiger partial charge < -0.3 is 10.2 Å². The van der Waals surface area contributed by atoms with E-state index in [2.05, 4.69) is 10.00 Å². The number of aromatic nitrogens is 2. The summed E-state index contributed by atoms with van der Waals surface area (Å²) in [5.74, 6) is -0.932. The van der Waals surface area contributed by atoms with E-state index in [1.807, 2.05) is 0 Å². The zero-order chi connectivity index (χ0) is 13.8. The van der Waals surface area contributed by atoms with Gasteiger partial charge in [-0.3, -0.25) is 9.58 Å². The second kappa shape index (κ2) is 6.16. The Kier molecular flexibility index (Phi) is 4.55. The SMILES string of the molecule is Cn1ncc(C(=O)O)c1CN(CCCO)C1CCC1. The molecule has 0 spiro atoms. The fourth-order valence-corrected chi connectivity index (χ4v) is 2.44. The van der Waals surface area contributed by atoms with E-state index in [1.165, 1.54) is 12.6 Å². The summed E-state index contributed by atoms with van der Waals surface area (Å²) in [5, 5.41) is 22.2. The van der Waals surface area contributed by atoms with Crippen molar-refractivity contribution in [3.8, 4) is 0 Å². The molecular formula is C13H21N3O3. The van der Waals surface area contributed by atoms with Crippen LogP contribution < -0.4 is 0 Å². The molecule has 1 saturated carbocycles. The summed E-state index contributed by atoms with van der Waals surface area (Å²) in [5.41, 5.74) is 1.01. The maximum atomic E-state index is 11.2. The van der Waals surface area contributed by atoms with Crippen LogP contribution in [0.4, 0.5) is 0 Å². The average Bonchev–Trinajstić information content (AvgIpc) is 2.66. The zero-order valence-corrected chi connectivity index (χ0v) is 11.2. The summed E-state index contributed by atoms with van der Waals surface area (Å²) < 4.78 is 1.63. The first-order chi connectivity index (χ1) is 9.13. The molecule has 0 atom stereocenters. The van der Waals surface area contributed by atoms with Gasteiger partial charge in [0.1, 0.15) is 5.56 Å². The molecule has 0 radical (unpaired) electrons. The molecule has 0 unspecified atom stereocenters. The van der Waals surface area contributed by atoms with E-state index >= 15 is 0 Å². The average molecular weight is 267 g/mol. The van der Waals surface area contributed by atoms with Crippen LogP contribution in [0.2, 0.25) is 0 Å². The van der Waals surface area contributed by atoms with Crippen LogP contribution >= 0.6 is 0 Å². The second-order valence-corrected chi connectivity index (χ2v) is 5.07. The van der Waals surface area contributed by atoms with Crippen molar-refractivity contribution in [1.82, 2.24) is 14.7 Å². The highest BCUT2D eigenvalue weighted by Gasteiger charge is 2.27. The van der Waals surface area contributed by atoms with E-state index in [0.29, 0.717) is 12.6 Å². The van der Waals surface area contributed by atoms with Crippen molar-refractivity contribution in [2.45, 2.75) is 38.3 Å². The van der Waals surface area contributed by atoms with Crippen LogP contribution in [0.5, 0.6) is 0 Å². The number of aliphatic hydroxyl groups excluding tert-OH is 1. The minimum atomic E-state index is -0.932. The van der Waals surface area contributed by atoms with Gasteiger partial charge in [-0.15, -0.1) is 0 Å². The Labute approximate surface area is 112 Å². The summed E-state index contributed by atoms with van der Waals surface area (Å²) >= 11 is 0. The number of nitrogens with zero attached hydrogens (tertiary/aromatic N) is 3. The van der Waals surface area contributed by atoms with Crippen molar-refractivity contribution >= 4 is 5.97 Å². The van der Waals surface area contributed by atoms with Gasteiger partial charge in [0.25, 0.3) is 0 Å². The Morgan fingerprint density at radius 3 is 2.84 bits per heavy atom. The lowest BCUT2D eigenvalue weighted by Gasteiger charge is -2.37. The smallest absolute Gasteiger partial charge is 0.339 e. The van der Waals surface area contributed by atoms with Crippen molar-refractivity contribution in [3.63, 3.8) is 0 Å². The molecule has 2 rings (SSSR count). The number of hydrogen-bond donors (Lipinski definition) is 2. The molecule has 0 saturated heterocycles. The molecular weight excluding hydrogens is 246 g/mol. The number of carboxylic acids is 1. The zero-order valence-electron chi connectivity index (χ0n) is 11.2. The molecule has 1 aliphatic rings. The highest BCUT2D eigenvalue weighted by molar-refractivity contribution is 5.88. The maximum Gasteiger partial charge on any atom is 0.339 e. The Morgan fingerprint density at radius 2 is 2.32 bits per heavy atom. The van der Waals surface area contributed by atoms with E-state index in [4.69, 9.17) is 10.2 Å². The molecule has 19 heavy (non-hydrogen) atoms. The third-order valence-electron chi connectivity index (χ3n) is 3.84. The Balaban J connectivity index is 2.11. The number of hydrogen-bond acceptors (Lipinski definition) is 4. The van der Waals surface area contributed by atoms with Crippen molar-refractivity contribution in [3.05, 3.63) is 17.5 Å². The maximum absolute atomic E-state index is 11.2.